The number of hydrogen-bond donors (Lipinski definition) is 0. The molecule has 29 heavy (non-hydrogen) atoms. The Morgan fingerprint density at radius 1 is 1.10 bits per heavy atom. The zero-order valence-corrected chi connectivity index (χ0v) is 17.0. The molecule has 1 aromatic heterocycles. The summed E-state index contributed by atoms with van der Waals surface area (Å²) in [5.74, 6) is 0.800. The molecular weight excluding hydrogens is 362 g/mol. The van der Waals surface area contributed by atoms with E-state index in [0.29, 0.717) is 11.3 Å². The normalized spacial score (nSPS) is 16.9. The number of likely N-dealkylation sites (tertiary alicyclic amines) is 1. The van der Waals surface area contributed by atoms with Crippen molar-refractivity contribution in [3.8, 4) is 11.3 Å². The quantitative estimate of drug-likeness (QED) is 0.631. The van der Waals surface area contributed by atoms with Gasteiger partial charge in [0.05, 0.1) is 12.2 Å². The predicted octanol–water partition coefficient (Wildman–Crippen LogP) is 4.77. The standard InChI is InChI=1S/C24H27N3O2/c1-26(2)16-18-6-8-19(9-7-18)22-5-3-4-14-27(22)24(28)21-12-10-20(11-13-21)23-15-25-17-29-23/h6-13,15,17,22H,3-5,14,16H2,1-2H3. The molecule has 2 heterocycles. The maximum absolute atomic E-state index is 13.3. The first-order chi connectivity index (χ1) is 14.1. The second-order valence-corrected chi connectivity index (χ2v) is 7.93. The van der Waals surface area contributed by atoms with Crippen molar-refractivity contribution in [2.45, 2.75) is 31.8 Å². The summed E-state index contributed by atoms with van der Waals surface area (Å²) >= 11 is 0. The molecule has 5 heteroatoms. The summed E-state index contributed by atoms with van der Waals surface area (Å²) in [6, 6.07) is 16.5. The summed E-state index contributed by atoms with van der Waals surface area (Å²) in [5, 5.41) is 0. The van der Waals surface area contributed by atoms with Gasteiger partial charge in [0.15, 0.2) is 12.2 Å². The summed E-state index contributed by atoms with van der Waals surface area (Å²) in [6.07, 6.45) is 6.30. The Balaban J connectivity index is 1.53. The second-order valence-electron chi connectivity index (χ2n) is 7.93. The van der Waals surface area contributed by atoms with Crippen LogP contribution in [0.5, 0.6) is 0 Å². The van der Waals surface area contributed by atoms with Crippen molar-refractivity contribution in [3.63, 3.8) is 0 Å². The fraction of sp³-hybridized carbons (Fsp3) is 0.333. The largest absolute Gasteiger partial charge is 0.444 e. The van der Waals surface area contributed by atoms with Crippen molar-refractivity contribution in [1.82, 2.24) is 14.8 Å². The molecule has 0 spiro atoms. The smallest absolute Gasteiger partial charge is 0.254 e. The van der Waals surface area contributed by atoms with Crippen LogP contribution in [0, 0.1) is 0 Å². The third-order valence-corrected chi connectivity index (χ3v) is 5.48. The SMILES string of the molecule is CN(C)Cc1ccc(C2CCCCN2C(=O)c2ccc(-c3cnco3)cc2)cc1. The van der Waals surface area contributed by atoms with Crippen LogP contribution in [0.2, 0.25) is 0 Å². The molecule has 0 aliphatic carbocycles. The van der Waals surface area contributed by atoms with Crippen LogP contribution in [0.3, 0.4) is 0 Å². The fourth-order valence-electron chi connectivity index (χ4n) is 4.03. The highest BCUT2D eigenvalue weighted by atomic mass is 16.3. The molecule has 1 unspecified atom stereocenters. The van der Waals surface area contributed by atoms with Crippen molar-refractivity contribution in [2.75, 3.05) is 20.6 Å². The number of oxazole rings is 1. The van der Waals surface area contributed by atoms with Gasteiger partial charge in [-0.2, -0.15) is 0 Å². The minimum Gasteiger partial charge on any atom is -0.444 e. The van der Waals surface area contributed by atoms with Crippen LogP contribution in [0.25, 0.3) is 11.3 Å². The molecule has 1 saturated heterocycles. The molecule has 150 valence electrons. The topological polar surface area (TPSA) is 49.6 Å². The van der Waals surface area contributed by atoms with Gasteiger partial charge < -0.3 is 14.2 Å². The van der Waals surface area contributed by atoms with Gasteiger partial charge >= 0.3 is 0 Å². The van der Waals surface area contributed by atoms with Crippen LogP contribution in [0.15, 0.2) is 65.5 Å². The number of aromatic nitrogens is 1. The Hall–Kier alpha value is -2.92. The van der Waals surface area contributed by atoms with E-state index in [4.69, 9.17) is 4.42 Å². The summed E-state index contributed by atoms with van der Waals surface area (Å²) in [5.41, 5.74) is 4.14. The van der Waals surface area contributed by atoms with E-state index >= 15 is 0 Å². The molecule has 1 amide bonds. The Bertz CT molecular complexity index is 931. The number of carbonyl (C=O) groups excluding carboxylic acids is 1. The van der Waals surface area contributed by atoms with Gasteiger partial charge in [-0.3, -0.25) is 4.79 Å². The van der Waals surface area contributed by atoms with Crippen LogP contribution in [-0.4, -0.2) is 41.3 Å². The van der Waals surface area contributed by atoms with Gasteiger partial charge in [0.2, 0.25) is 0 Å². The summed E-state index contributed by atoms with van der Waals surface area (Å²) in [7, 11) is 4.15. The molecule has 0 N–H and O–H groups in total. The number of rotatable bonds is 5. The van der Waals surface area contributed by atoms with Crippen LogP contribution < -0.4 is 0 Å². The summed E-state index contributed by atoms with van der Waals surface area (Å²) in [4.78, 5) is 21.4. The highest BCUT2D eigenvalue weighted by molar-refractivity contribution is 5.95. The second kappa shape index (κ2) is 8.62. The number of nitrogens with zero attached hydrogens (tertiary/aromatic N) is 3. The number of amides is 1. The van der Waals surface area contributed by atoms with Crippen molar-refractivity contribution >= 4 is 5.91 Å². The fourth-order valence-corrected chi connectivity index (χ4v) is 4.03. The average Bonchev–Trinajstić information content (AvgIpc) is 3.28. The Morgan fingerprint density at radius 3 is 2.52 bits per heavy atom. The van der Waals surface area contributed by atoms with Crippen molar-refractivity contribution in [3.05, 3.63) is 77.8 Å². The first-order valence-corrected chi connectivity index (χ1v) is 10.2. The van der Waals surface area contributed by atoms with Gasteiger partial charge in [-0.25, -0.2) is 4.98 Å². The number of hydrogen-bond acceptors (Lipinski definition) is 4. The molecule has 0 saturated carbocycles. The molecule has 0 bridgehead atoms. The average molecular weight is 389 g/mol. The highest BCUT2D eigenvalue weighted by Crippen LogP contribution is 2.32. The molecular formula is C24H27N3O2. The maximum Gasteiger partial charge on any atom is 0.254 e. The van der Waals surface area contributed by atoms with Crippen LogP contribution in [-0.2, 0) is 6.54 Å². The zero-order chi connectivity index (χ0) is 20.2. The molecule has 5 nitrogen and oxygen atoms in total. The molecule has 3 aromatic rings. The highest BCUT2D eigenvalue weighted by Gasteiger charge is 2.28. The zero-order valence-electron chi connectivity index (χ0n) is 17.0. The predicted molar refractivity (Wildman–Crippen MR) is 113 cm³/mol. The lowest BCUT2D eigenvalue weighted by Crippen LogP contribution is -2.38. The van der Waals surface area contributed by atoms with Gasteiger partial charge in [-0.15, -0.1) is 0 Å². The van der Waals surface area contributed by atoms with Gasteiger partial charge in [-0.05, 0) is 56.6 Å². The minimum atomic E-state index is 0.0937. The molecule has 0 radical (unpaired) electrons. The maximum atomic E-state index is 13.3. The van der Waals surface area contributed by atoms with Crippen molar-refractivity contribution in [2.24, 2.45) is 0 Å². The van der Waals surface area contributed by atoms with Gasteiger partial charge in [0.25, 0.3) is 5.91 Å². The number of piperidine rings is 1. The molecule has 1 aliphatic rings. The first kappa shape index (κ1) is 19.4. The first-order valence-electron chi connectivity index (χ1n) is 10.2. The van der Waals surface area contributed by atoms with E-state index in [1.807, 2.05) is 29.2 Å². The number of carbonyl (C=O) groups is 1. The summed E-state index contributed by atoms with van der Waals surface area (Å²) in [6.45, 7) is 1.72. The molecule has 4 rings (SSSR count). The third kappa shape index (κ3) is 4.40. The number of benzene rings is 2. The van der Waals surface area contributed by atoms with E-state index in [9.17, 15) is 4.79 Å². The lowest BCUT2D eigenvalue weighted by molar-refractivity contribution is 0.0611. The Kier molecular flexibility index (Phi) is 5.76. The van der Waals surface area contributed by atoms with E-state index in [0.717, 1.165) is 37.9 Å². The van der Waals surface area contributed by atoms with Gasteiger partial charge in [-0.1, -0.05) is 36.4 Å². The van der Waals surface area contributed by atoms with Crippen LogP contribution in [0.4, 0.5) is 0 Å². The third-order valence-electron chi connectivity index (χ3n) is 5.48. The lowest BCUT2D eigenvalue weighted by atomic mass is 9.93. The van der Waals surface area contributed by atoms with E-state index < -0.39 is 0 Å². The van der Waals surface area contributed by atoms with E-state index in [1.54, 1.807) is 6.20 Å². The lowest BCUT2D eigenvalue weighted by Gasteiger charge is -2.36. The molecule has 2 aromatic carbocycles. The monoisotopic (exact) mass is 389 g/mol. The molecule has 1 fully saturated rings. The van der Waals surface area contributed by atoms with Crippen molar-refractivity contribution < 1.29 is 9.21 Å². The van der Waals surface area contributed by atoms with Gasteiger partial charge in [0, 0.05) is 24.2 Å². The van der Waals surface area contributed by atoms with Crippen LogP contribution >= 0.6 is 0 Å². The minimum absolute atomic E-state index is 0.0937. The van der Waals surface area contributed by atoms with Crippen molar-refractivity contribution in [1.29, 1.82) is 0 Å². The Morgan fingerprint density at radius 2 is 1.86 bits per heavy atom. The van der Waals surface area contributed by atoms with Gasteiger partial charge in [0.1, 0.15) is 0 Å². The molecule has 1 atom stereocenters. The van der Waals surface area contributed by atoms with E-state index in [1.165, 1.54) is 17.5 Å². The Labute approximate surface area is 172 Å². The molecule has 1 aliphatic heterocycles. The van der Waals surface area contributed by atoms with Crippen LogP contribution in [0.1, 0.15) is 46.8 Å². The summed E-state index contributed by atoms with van der Waals surface area (Å²) < 4.78 is 5.34. The van der Waals surface area contributed by atoms with E-state index in [-0.39, 0.29) is 11.9 Å². The van der Waals surface area contributed by atoms with E-state index in [2.05, 4.69) is 48.2 Å².